The van der Waals surface area contributed by atoms with Crippen molar-refractivity contribution in [2.75, 3.05) is 6.01 Å². The first-order valence-electron chi connectivity index (χ1n) is 12.6. The third-order valence-corrected chi connectivity index (χ3v) is 10.4. The number of allylic oxidation sites excluding steroid dienone is 4. The van der Waals surface area contributed by atoms with Crippen molar-refractivity contribution in [1.29, 1.82) is 0 Å². The number of thioether (sulfide) groups is 1. The van der Waals surface area contributed by atoms with Crippen molar-refractivity contribution in [1.82, 2.24) is 5.16 Å². The molecule has 0 bridgehead atoms. The first kappa shape index (κ1) is 27.2. The lowest BCUT2D eigenvalue weighted by molar-refractivity contribution is -0.221. The molecule has 9 atom stereocenters. The maximum Gasteiger partial charge on any atom is 0.378 e. The molecular weight excluding hydrogens is 523 g/mol. The van der Waals surface area contributed by atoms with E-state index in [4.69, 9.17) is 9.26 Å². The van der Waals surface area contributed by atoms with Crippen LogP contribution in [0.25, 0.3) is 0 Å². The molecule has 5 rings (SSSR count). The van der Waals surface area contributed by atoms with Crippen LogP contribution in [0.3, 0.4) is 0 Å². The molecule has 0 unspecified atom stereocenters. The first-order valence-corrected chi connectivity index (χ1v) is 13.6. The highest BCUT2D eigenvalue weighted by molar-refractivity contribution is 8.13. The van der Waals surface area contributed by atoms with Crippen LogP contribution >= 0.6 is 11.8 Å². The van der Waals surface area contributed by atoms with Gasteiger partial charge in [-0.2, -0.15) is 0 Å². The molecule has 4 aliphatic carbocycles. The van der Waals surface area contributed by atoms with Crippen LogP contribution in [0.4, 0.5) is 13.2 Å². The van der Waals surface area contributed by atoms with Gasteiger partial charge in [0.05, 0.1) is 11.8 Å². The van der Waals surface area contributed by atoms with Crippen molar-refractivity contribution >= 4 is 28.6 Å². The van der Waals surface area contributed by atoms with Crippen LogP contribution in [0.15, 0.2) is 34.4 Å². The van der Waals surface area contributed by atoms with E-state index in [1.165, 1.54) is 25.1 Å². The number of alkyl halides is 3. The van der Waals surface area contributed by atoms with E-state index < -0.39 is 75.0 Å². The molecule has 38 heavy (non-hydrogen) atoms. The monoisotopic (exact) mass is 553 g/mol. The van der Waals surface area contributed by atoms with E-state index in [9.17, 15) is 23.9 Å². The Kier molecular flexibility index (Phi) is 6.30. The minimum atomic E-state index is -2.36. The number of aliphatic hydroxyl groups is 1. The van der Waals surface area contributed by atoms with Crippen molar-refractivity contribution in [2.24, 2.45) is 28.6 Å². The zero-order valence-corrected chi connectivity index (χ0v) is 22.3. The highest BCUT2D eigenvalue weighted by Gasteiger charge is 2.78. The Morgan fingerprint density at radius 3 is 2.63 bits per heavy atom. The second kappa shape index (κ2) is 8.81. The molecule has 1 aromatic rings. The van der Waals surface area contributed by atoms with Crippen molar-refractivity contribution in [3.63, 3.8) is 0 Å². The smallest absolute Gasteiger partial charge is 0.378 e. The Balaban J connectivity index is 1.63. The topological polar surface area (TPSA) is 107 Å². The van der Waals surface area contributed by atoms with Crippen molar-refractivity contribution in [2.45, 2.75) is 70.5 Å². The fourth-order valence-corrected chi connectivity index (χ4v) is 8.82. The molecule has 4 aliphatic rings. The van der Waals surface area contributed by atoms with E-state index >= 15 is 8.78 Å². The number of aromatic nitrogens is 1. The second-order valence-corrected chi connectivity index (χ2v) is 12.4. The van der Waals surface area contributed by atoms with Gasteiger partial charge in [0.1, 0.15) is 12.2 Å². The highest BCUT2D eigenvalue weighted by Crippen LogP contribution is 2.72. The molecule has 0 radical (unpaired) electrons. The number of nitrogens with zero attached hydrogens (tertiary/aromatic N) is 1. The summed E-state index contributed by atoms with van der Waals surface area (Å²) in [7, 11) is 0. The van der Waals surface area contributed by atoms with E-state index in [0.717, 1.165) is 6.08 Å². The van der Waals surface area contributed by atoms with Gasteiger partial charge in [0.2, 0.25) is 10.9 Å². The van der Waals surface area contributed by atoms with Crippen molar-refractivity contribution in [3.8, 4) is 0 Å². The molecule has 3 fully saturated rings. The predicted octanol–water partition coefficient (Wildman–Crippen LogP) is 4.63. The zero-order chi connectivity index (χ0) is 27.8. The van der Waals surface area contributed by atoms with E-state index in [0.29, 0.717) is 17.5 Å². The van der Waals surface area contributed by atoms with Gasteiger partial charge >= 0.3 is 5.97 Å². The van der Waals surface area contributed by atoms with Gasteiger partial charge in [0, 0.05) is 28.7 Å². The lowest BCUT2D eigenvalue weighted by Crippen LogP contribution is -2.70. The average Bonchev–Trinajstić information content (AvgIpc) is 3.38. The van der Waals surface area contributed by atoms with Gasteiger partial charge in [-0.1, -0.05) is 25.1 Å². The van der Waals surface area contributed by atoms with E-state index in [2.05, 4.69) is 5.16 Å². The zero-order valence-electron chi connectivity index (χ0n) is 21.5. The number of rotatable bonds is 4. The van der Waals surface area contributed by atoms with Crippen LogP contribution in [-0.4, -0.2) is 56.7 Å². The van der Waals surface area contributed by atoms with Gasteiger partial charge < -0.3 is 14.4 Å². The first-order chi connectivity index (χ1) is 17.8. The summed E-state index contributed by atoms with van der Waals surface area (Å²) < 4.78 is 57.5. The lowest BCUT2D eigenvalue weighted by Gasteiger charge is -2.63. The van der Waals surface area contributed by atoms with Crippen LogP contribution in [0.2, 0.25) is 0 Å². The van der Waals surface area contributed by atoms with Crippen LogP contribution in [-0.2, 0) is 14.3 Å². The summed E-state index contributed by atoms with van der Waals surface area (Å²) in [4.78, 5) is 38.8. The Morgan fingerprint density at radius 1 is 1.29 bits per heavy atom. The van der Waals surface area contributed by atoms with Gasteiger partial charge in [-0.15, -0.1) is 0 Å². The van der Waals surface area contributed by atoms with Gasteiger partial charge in [-0.05, 0) is 68.5 Å². The number of hydrogen-bond donors (Lipinski definition) is 1. The quantitative estimate of drug-likeness (QED) is 0.538. The fourth-order valence-electron chi connectivity index (χ4n) is 8.03. The number of carbonyl (C=O) groups excluding carboxylic acids is 3. The number of ketones is 1. The average molecular weight is 554 g/mol. The summed E-state index contributed by atoms with van der Waals surface area (Å²) in [5, 5.41) is 14.4. The normalized spacial score (nSPS) is 43.6. The molecule has 1 aromatic heterocycles. The summed E-state index contributed by atoms with van der Waals surface area (Å²) in [5.74, 6) is -4.19. The molecule has 1 heterocycles. The van der Waals surface area contributed by atoms with Crippen LogP contribution < -0.4 is 0 Å². The molecule has 0 aromatic carbocycles. The number of fused-ring (bicyclic) bond motifs is 5. The van der Waals surface area contributed by atoms with E-state index in [-0.39, 0.29) is 30.6 Å². The second-order valence-electron chi connectivity index (χ2n) is 11.5. The number of carbonyl (C=O) groups is 3. The minimum Gasteiger partial charge on any atom is -0.443 e. The summed E-state index contributed by atoms with van der Waals surface area (Å²) in [6.45, 7) is 6.36. The number of halogens is 3. The molecule has 11 heteroatoms. The Bertz CT molecular complexity index is 1270. The molecule has 0 amide bonds. The molecular formula is C27H30F3NO6S. The van der Waals surface area contributed by atoms with Gasteiger partial charge in [0.15, 0.2) is 17.1 Å². The third kappa shape index (κ3) is 3.33. The molecule has 3 saturated carbocycles. The predicted molar refractivity (Wildman–Crippen MR) is 131 cm³/mol. The molecule has 1 N–H and O–H groups in total. The summed E-state index contributed by atoms with van der Waals surface area (Å²) in [6, 6.07) is 0.258. The molecule has 0 spiro atoms. The molecule has 7 nitrogen and oxygen atoms in total. The highest BCUT2D eigenvalue weighted by atomic mass is 32.2. The minimum absolute atomic E-state index is 0.0140. The van der Waals surface area contributed by atoms with Crippen LogP contribution in [0.5, 0.6) is 0 Å². The van der Waals surface area contributed by atoms with Crippen LogP contribution in [0.1, 0.15) is 56.3 Å². The Morgan fingerprint density at radius 2 is 2.00 bits per heavy atom. The maximum atomic E-state index is 17.4. The molecule has 206 valence electrons. The van der Waals surface area contributed by atoms with Crippen molar-refractivity contribution in [3.05, 3.63) is 41.3 Å². The summed E-state index contributed by atoms with van der Waals surface area (Å²) in [5.41, 5.74) is -6.87. The number of ether oxygens (including phenoxy) is 1. The number of hydrogen-bond acceptors (Lipinski definition) is 8. The SMILES string of the molecule is Cc1cc(C(=O)O[C@]2(C(=O)SCF)[C@H](C)C[C@H]3[C@@H]4C[C@H](F)C5=CC(=O)C=C[C@]5(C)[C@@]4(F)[C@@H](O)C[C@@]32C)on1. The molecule has 0 saturated heterocycles. The van der Waals surface area contributed by atoms with Gasteiger partial charge in [-0.3, -0.25) is 9.59 Å². The third-order valence-electron chi connectivity index (χ3n) is 9.74. The standard InChI is InChI=1S/C27H30F3NO6S/c1-13-7-16-17-10-19(29)18-9-15(32)5-6-24(18,3)26(17,30)21(33)11-25(16,4)27(13,23(35)38-12-28)36-22(34)20-8-14(2)31-37-20/h5-6,8-9,13,16-17,19,21,33H,7,10-12H2,1-4H3/t13-,16+,17+,19+,21+,24+,25+,26+,27+/m1/s1. The largest absolute Gasteiger partial charge is 0.443 e. The summed E-state index contributed by atoms with van der Waals surface area (Å²) in [6.07, 6.45) is -0.193. The van der Waals surface area contributed by atoms with Gasteiger partial charge in [-0.25, -0.2) is 18.0 Å². The van der Waals surface area contributed by atoms with E-state index in [1.807, 2.05) is 0 Å². The maximum absolute atomic E-state index is 17.4. The van der Waals surface area contributed by atoms with Crippen molar-refractivity contribution < 1.29 is 41.9 Å². The van der Waals surface area contributed by atoms with Crippen LogP contribution in [0, 0.1) is 35.5 Å². The number of esters is 1. The summed E-state index contributed by atoms with van der Waals surface area (Å²) >= 11 is 0.339. The Hall–Kier alpha value is -2.40. The van der Waals surface area contributed by atoms with Gasteiger partial charge in [0.25, 0.3) is 0 Å². The molecule has 0 aliphatic heterocycles. The Labute approximate surface area is 222 Å². The fraction of sp³-hybridized carbons (Fsp3) is 0.630. The van der Waals surface area contributed by atoms with E-state index in [1.54, 1.807) is 20.8 Å². The number of aliphatic hydroxyl groups excluding tert-OH is 1. The lowest BCUT2D eigenvalue weighted by atomic mass is 9.44. The number of aryl methyl sites for hydroxylation is 1.